The molecule has 0 bridgehead atoms. The van der Waals surface area contributed by atoms with Crippen molar-refractivity contribution in [3.05, 3.63) is 58.0 Å². The molecule has 3 N–H and O–H groups in total. The maximum atomic E-state index is 6.17. The van der Waals surface area contributed by atoms with E-state index in [1.165, 1.54) is 0 Å². The van der Waals surface area contributed by atoms with Crippen molar-refractivity contribution in [2.75, 3.05) is 0 Å². The van der Waals surface area contributed by atoms with E-state index in [0.29, 0.717) is 10.0 Å². The van der Waals surface area contributed by atoms with Gasteiger partial charge >= 0.3 is 0 Å². The lowest BCUT2D eigenvalue weighted by atomic mass is 10.0. The summed E-state index contributed by atoms with van der Waals surface area (Å²) in [5.74, 6) is 6.55. The highest BCUT2D eigenvalue weighted by Crippen LogP contribution is 2.26. The highest BCUT2D eigenvalue weighted by Gasteiger charge is 2.12. The lowest BCUT2D eigenvalue weighted by Crippen LogP contribution is -2.37. The summed E-state index contributed by atoms with van der Waals surface area (Å²) in [7, 11) is 0. The third-order valence-corrected chi connectivity index (χ3v) is 3.91. The molecule has 3 nitrogen and oxygen atoms in total. The number of benzene rings is 1. The molecular formula is C14H16Cl2N2O. The molecule has 1 heterocycles. The average Bonchev–Trinajstić information content (AvgIpc) is 2.92. The van der Waals surface area contributed by atoms with E-state index in [1.807, 2.05) is 24.3 Å². The summed E-state index contributed by atoms with van der Waals surface area (Å²) in [4.78, 5) is 0. The van der Waals surface area contributed by atoms with Crippen LogP contribution in [0.1, 0.15) is 17.7 Å². The molecule has 1 aromatic carbocycles. The Labute approximate surface area is 122 Å². The molecule has 0 radical (unpaired) electrons. The highest BCUT2D eigenvalue weighted by molar-refractivity contribution is 6.42. The molecule has 1 atom stereocenters. The van der Waals surface area contributed by atoms with Gasteiger partial charge in [0.05, 0.1) is 16.3 Å². The quantitative estimate of drug-likeness (QED) is 0.633. The zero-order valence-corrected chi connectivity index (χ0v) is 11.9. The first-order chi connectivity index (χ1) is 9.20. The lowest BCUT2D eigenvalue weighted by molar-refractivity contribution is 0.447. The van der Waals surface area contributed by atoms with E-state index in [4.69, 9.17) is 33.5 Å². The molecule has 0 aliphatic heterocycles. The van der Waals surface area contributed by atoms with E-state index in [9.17, 15) is 0 Å². The van der Waals surface area contributed by atoms with Crippen LogP contribution < -0.4 is 11.3 Å². The predicted octanol–water partition coefficient (Wildman–Crippen LogP) is 3.59. The van der Waals surface area contributed by atoms with Crippen molar-refractivity contribution < 1.29 is 4.42 Å². The van der Waals surface area contributed by atoms with Crippen molar-refractivity contribution in [3.63, 3.8) is 0 Å². The zero-order chi connectivity index (χ0) is 13.7. The SMILES string of the molecule is NNC(CCc1ccco1)Cc1cccc(Cl)c1Cl. The molecule has 2 rings (SSSR count). The van der Waals surface area contributed by atoms with Crippen LogP contribution in [0.3, 0.4) is 0 Å². The number of aryl methyl sites for hydroxylation is 1. The number of hydrogen-bond donors (Lipinski definition) is 2. The second-order valence-electron chi connectivity index (χ2n) is 4.40. The Morgan fingerprint density at radius 3 is 2.74 bits per heavy atom. The molecular weight excluding hydrogens is 283 g/mol. The predicted molar refractivity (Wildman–Crippen MR) is 78.3 cm³/mol. The van der Waals surface area contributed by atoms with Crippen LogP contribution in [0.5, 0.6) is 0 Å². The normalized spacial score (nSPS) is 12.6. The molecule has 5 heteroatoms. The first-order valence-electron chi connectivity index (χ1n) is 6.12. The van der Waals surface area contributed by atoms with Gasteiger partial charge in [-0.25, -0.2) is 0 Å². The fourth-order valence-corrected chi connectivity index (χ4v) is 2.38. The van der Waals surface area contributed by atoms with Gasteiger partial charge in [0.15, 0.2) is 0 Å². The maximum absolute atomic E-state index is 6.17. The Morgan fingerprint density at radius 2 is 2.05 bits per heavy atom. The van der Waals surface area contributed by atoms with E-state index in [1.54, 1.807) is 12.3 Å². The number of halogens is 2. The third-order valence-electron chi connectivity index (χ3n) is 3.05. The van der Waals surface area contributed by atoms with Gasteiger partial charge in [-0.2, -0.15) is 0 Å². The monoisotopic (exact) mass is 298 g/mol. The number of furan rings is 1. The van der Waals surface area contributed by atoms with Crippen molar-refractivity contribution in [3.8, 4) is 0 Å². The number of rotatable bonds is 6. The summed E-state index contributed by atoms with van der Waals surface area (Å²) < 4.78 is 5.31. The van der Waals surface area contributed by atoms with E-state index in [0.717, 1.165) is 30.6 Å². The number of hydrogen-bond acceptors (Lipinski definition) is 3. The van der Waals surface area contributed by atoms with Crippen LogP contribution in [0, 0.1) is 0 Å². The van der Waals surface area contributed by atoms with Gasteiger partial charge in [-0.3, -0.25) is 11.3 Å². The minimum absolute atomic E-state index is 0.126. The Hall–Kier alpha value is -1.000. The molecule has 0 aliphatic carbocycles. The summed E-state index contributed by atoms with van der Waals surface area (Å²) in [6.45, 7) is 0. The Kier molecular flexibility index (Phi) is 5.28. The summed E-state index contributed by atoms with van der Waals surface area (Å²) in [6, 6.07) is 9.60. The molecule has 1 unspecified atom stereocenters. The Morgan fingerprint density at radius 1 is 1.21 bits per heavy atom. The second kappa shape index (κ2) is 6.96. The molecule has 2 aromatic rings. The Balaban J connectivity index is 1.96. The number of hydrazine groups is 1. The van der Waals surface area contributed by atoms with E-state index >= 15 is 0 Å². The second-order valence-corrected chi connectivity index (χ2v) is 5.18. The van der Waals surface area contributed by atoms with Crippen LogP contribution in [0.25, 0.3) is 0 Å². The third kappa shape index (κ3) is 3.98. The topological polar surface area (TPSA) is 51.2 Å². The summed E-state index contributed by atoms with van der Waals surface area (Å²) in [5.41, 5.74) is 3.81. The number of nitrogens with two attached hydrogens (primary N) is 1. The first kappa shape index (κ1) is 14.4. The van der Waals surface area contributed by atoms with Gasteiger partial charge in [0.25, 0.3) is 0 Å². The minimum atomic E-state index is 0.126. The van der Waals surface area contributed by atoms with Gasteiger partial charge < -0.3 is 4.42 Å². The van der Waals surface area contributed by atoms with Gasteiger partial charge in [-0.05, 0) is 36.6 Å². The van der Waals surface area contributed by atoms with E-state index < -0.39 is 0 Å². The lowest BCUT2D eigenvalue weighted by Gasteiger charge is -2.16. The van der Waals surface area contributed by atoms with Crippen molar-refractivity contribution in [1.29, 1.82) is 0 Å². The highest BCUT2D eigenvalue weighted by atomic mass is 35.5. The van der Waals surface area contributed by atoms with Crippen LogP contribution in [0.2, 0.25) is 10.0 Å². The van der Waals surface area contributed by atoms with E-state index in [-0.39, 0.29) is 6.04 Å². The molecule has 0 fully saturated rings. The van der Waals surface area contributed by atoms with Crippen LogP contribution in [0.4, 0.5) is 0 Å². The largest absolute Gasteiger partial charge is 0.469 e. The Bertz CT molecular complexity index is 514. The van der Waals surface area contributed by atoms with Crippen LogP contribution >= 0.6 is 23.2 Å². The van der Waals surface area contributed by atoms with Crippen molar-refractivity contribution in [1.82, 2.24) is 5.43 Å². The minimum Gasteiger partial charge on any atom is -0.469 e. The molecule has 0 saturated heterocycles. The molecule has 102 valence electrons. The maximum Gasteiger partial charge on any atom is 0.103 e. The standard InChI is InChI=1S/C14H16Cl2N2O/c15-13-5-1-3-10(14(13)16)9-11(18-17)6-7-12-4-2-8-19-12/h1-5,8,11,18H,6-7,9,17H2. The van der Waals surface area contributed by atoms with Crippen LogP contribution in [0.15, 0.2) is 41.0 Å². The fraction of sp³-hybridized carbons (Fsp3) is 0.286. The van der Waals surface area contributed by atoms with Gasteiger partial charge in [0.2, 0.25) is 0 Å². The van der Waals surface area contributed by atoms with Crippen molar-refractivity contribution >= 4 is 23.2 Å². The van der Waals surface area contributed by atoms with Gasteiger partial charge in [0, 0.05) is 12.5 Å². The number of nitrogens with one attached hydrogen (secondary N) is 1. The van der Waals surface area contributed by atoms with Gasteiger partial charge in [-0.15, -0.1) is 0 Å². The van der Waals surface area contributed by atoms with Crippen LogP contribution in [-0.2, 0) is 12.8 Å². The molecule has 0 saturated carbocycles. The van der Waals surface area contributed by atoms with Crippen molar-refractivity contribution in [2.24, 2.45) is 5.84 Å². The average molecular weight is 299 g/mol. The van der Waals surface area contributed by atoms with Gasteiger partial charge in [-0.1, -0.05) is 35.3 Å². The first-order valence-corrected chi connectivity index (χ1v) is 6.87. The zero-order valence-electron chi connectivity index (χ0n) is 10.4. The molecule has 1 aromatic heterocycles. The molecule has 0 aliphatic rings. The smallest absolute Gasteiger partial charge is 0.103 e. The van der Waals surface area contributed by atoms with Gasteiger partial charge in [0.1, 0.15) is 5.76 Å². The molecule has 0 amide bonds. The van der Waals surface area contributed by atoms with Crippen molar-refractivity contribution in [2.45, 2.75) is 25.3 Å². The summed E-state index contributed by atoms with van der Waals surface area (Å²) in [5, 5.41) is 1.17. The van der Waals surface area contributed by atoms with Crippen LogP contribution in [-0.4, -0.2) is 6.04 Å². The molecule has 19 heavy (non-hydrogen) atoms. The molecule has 0 spiro atoms. The fourth-order valence-electron chi connectivity index (χ4n) is 1.99. The summed E-state index contributed by atoms with van der Waals surface area (Å²) in [6.07, 6.45) is 4.11. The van der Waals surface area contributed by atoms with E-state index in [2.05, 4.69) is 5.43 Å². The summed E-state index contributed by atoms with van der Waals surface area (Å²) >= 11 is 12.2.